The predicted molar refractivity (Wildman–Crippen MR) is 84.4 cm³/mol. The van der Waals surface area contributed by atoms with E-state index >= 15 is 0 Å². The van der Waals surface area contributed by atoms with Crippen molar-refractivity contribution in [2.24, 2.45) is 5.41 Å². The lowest BCUT2D eigenvalue weighted by Crippen LogP contribution is -2.45. The number of carbonyl (C=O) groups is 2. The van der Waals surface area contributed by atoms with Gasteiger partial charge >= 0.3 is 0 Å². The van der Waals surface area contributed by atoms with Crippen LogP contribution in [0.3, 0.4) is 0 Å². The lowest BCUT2D eigenvalue weighted by Gasteiger charge is -2.31. The van der Waals surface area contributed by atoms with E-state index in [-0.39, 0.29) is 36.3 Å². The third-order valence-corrected chi connectivity index (χ3v) is 4.05. The number of hydrogen-bond acceptors (Lipinski definition) is 4. The molecular weight excluding hydrogens is 288 g/mol. The Balaban J connectivity index is 2.34. The van der Waals surface area contributed by atoms with Crippen LogP contribution >= 0.6 is 11.3 Å². The number of carbonyl (C=O) groups excluding carboxylic acids is 2. The van der Waals surface area contributed by atoms with Crippen LogP contribution in [0.25, 0.3) is 0 Å². The Morgan fingerprint density at radius 1 is 1.38 bits per heavy atom. The third-order valence-electron chi connectivity index (χ3n) is 3.18. The highest BCUT2D eigenvalue weighted by atomic mass is 32.1. The molecule has 2 amide bonds. The summed E-state index contributed by atoms with van der Waals surface area (Å²) in [6, 6.07) is 3.48. The molecule has 1 aromatic rings. The first kappa shape index (κ1) is 17.7. The van der Waals surface area contributed by atoms with Crippen molar-refractivity contribution in [2.75, 3.05) is 13.2 Å². The van der Waals surface area contributed by atoms with Gasteiger partial charge in [-0.15, -0.1) is 11.3 Å². The zero-order chi connectivity index (χ0) is 15.9. The first-order chi connectivity index (χ1) is 9.84. The number of aliphatic hydroxyl groups excluding tert-OH is 1. The van der Waals surface area contributed by atoms with Crippen molar-refractivity contribution in [1.29, 1.82) is 0 Å². The lowest BCUT2D eigenvalue weighted by atomic mass is 9.85. The predicted octanol–water partition coefficient (Wildman–Crippen LogP) is 1.78. The topological polar surface area (TPSA) is 78.4 Å². The van der Waals surface area contributed by atoms with Gasteiger partial charge in [-0.2, -0.15) is 0 Å². The Kier molecular flexibility index (Phi) is 6.84. The summed E-state index contributed by atoms with van der Waals surface area (Å²) in [5.41, 5.74) is -0.112. The summed E-state index contributed by atoms with van der Waals surface area (Å²) >= 11 is 1.37. The van der Waals surface area contributed by atoms with Gasteiger partial charge in [0, 0.05) is 25.6 Å². The number of hydrogen-bond donors (Lipinski definition) is 3. The van der Waals surface area contributed by atoms with Gasteiger partial charge in [0.25, 0.3) is 5.91 Å². The molecule has 5 nitrogen and oxygen atoms in total. The van der Waals surface area contributed by atoms with E-state index in [2.05, 4.69) is 10.6 Å². The van der Waals surface area contributed by atoms with Crippen LogP contribution in [0.1, 0.15) is 43.3 Å². The summed E-state index contributed by atoms with van der Waals surface area (Å²) in [5.74, 6) is -0.268. The molecule has 21 heavy (non-hydrogen) atoms. The second kappa shape index (κ2) is 8.14. The molecule has 0 fully saturated rings. The molecule has 6 heteroatoms. The molecule has 0 aromatic carbocycles. The Morgan fingerprint density at radius 2 is 2.10 bits per heavy atom. The largest absolute Gasteiger partial charge is 0.396 e. The molecule has 1 atom stereocenters. The summed E-state index contributed by atoms with van der Waals surface area (Å²) in [6.45, 7) is 6.40. The first-order valence-corrected chi connectivity index (χ1v) is 7.94. The molecule has 0 aliphatic rings. The fourth-order valence-electron chi connectivity index (χ4n) is 1.90. The van der Waals surface area contributed by atoms with Crippen molar-refractivity contribution in [3.63, 3.8) is 0 Å². The van der Waals surface area contributed by atoms with Gasteiger partial charge in [-0.1, -0.05) is 26.8 Å². The van der Waals surface area contributed by atoms with Crippen LogP contribution in [0.15, 0.2) is 17.5 Å². The van der Waals surface area contributed by atoms with Gasteiger partial charge < -0.3 is 15.7 Å². The van der Waals surface area contributed by atoms with E-state index in [1.165, 1.54) is 11.3 Å². The van der Waals surface area contributed by atoms with Crippen molar-refractivity contribution in [2.45, 2.75) is 39.7 Å². The minimum absolute atomic E-state index is 0.0390. The van der Waals surface area contributed by atoms with Gasteiger partial charge in [-0.3, -0.25) is 9.59 Å². The van der Waals surface area contributed by atoms with Crippen molar-refractivity contribution in [3.8, 4) is 0 Å². The molecule has 0 aliphatic heterocycles. The molecule has 1 unspecified atom stereocenters. The summed E-state index contributed by atoms with van der Waals surface area (Å²) in [7, 11) is 0. The molecule has 1 aromatic heterocycles. The van der Waals surface area contributed by atoms with Gasteiger partial charge in [-0.25, -0.2) is 0 Å². The number of thiophene rings is 1. The molecule has 118 valence electrons. The summed E-state index contributed by atoms with van der Waals surface area (Å²) in [6.07, 6.45) is 0.756. The average molecular weight is 312 g/mol. The molecule has 1 rings (SSSR count). The quantitative estimate of drug-likeness (QED) is 0.718. The van der Waals surface area contributed by atoms with E-state index in [9.17, 15) is 9.59 Å². The lowest BCUT2D eigenvalue weighted by molar-refractivity contribution is -0.122. The zero-order valence-electron chi connectivity index (χ0n) is 12.8. The Labute approximate surface area is 129 Å². The highest BCUT2D eigenvalue weighted by Gasteiger charge is 2.25. The summed E-state index contributed by atoms with van der Waals surface area (Å²) in [4.78, 5) is 24.2. The maximum Gasteiger partial charge on any atom is 0.261 e. The van der Waals surface area contributed by atoms with E-state index in [4.69, 9.17) is 5.11 Å². The standard InChI is InChI=1S/C15H24N2O3S/c1-15(2,3)12(7-9-18)17-13(19)6-8-16-14(20)11-5-4-10-21-11/h4-5,10,12,18H,6-9H2,1-3H3,(H,16,20)(H,17,19). The molecule has 0 saturated heterocycles. The number of aliphatic hydroxyl groups is 1. The van der Waals surface area contributed by atoms with Gasteiger partial charge in [0.15, 0.2) is 0 Å². The molecular formula is C15H24N2O3S. The van der Waals surface area contributed by atoms with E-state index in [1.807, 2.05) is 32.2 Å². The van der Waals surface area contributed by atoms with Gasteiger partial charge in [0.05, 0.1) is 4.88 Å². The SMILES string of the molecule is CC(C)(C)C(CCO)NC(=O)CCNC(=O)c1cccs1. The second-order valence-electron chi connectivity index (χ2n) is 5.98. The highest BCUT2D eigenvalue weighted by molar-refractivity contribution is 7.12. The Hall–Kier alpha value is -1.40. The first-order valence-electron chi connectivity index (χ1n) is 7.06. The Morgan fingerprint density at radius 3 is 2.62 bits per heavy atom. The molecule has 3 N–H and O–H groups in total. The van der Waals surface area contributed by atoms with Crippen LogP contribution in [0.5, 0.6) is 0 Å². The third kappa shape index (κ3) is 6.27. The number of amides is 2. The summed E-state index contributed by atoms with van der Waals surface area (Å²) in [5, 5.41) is 16.5. The maximum atomic E-state index is 11.9. The highest BCUT2D eigenvalue weighted by Crippen LogP contribution is 2.21. The van der Waals surface area contributed by atoms with Crippen LogP contribution in [0, 0.1) is 5.41 Å². The van der Waals surface area contributed by atoms with Crippen molar-refractivity contribution in [1.82, 2.24) is 10.6 Å². The normalized spacial score (nSPS) is 12.8. The smallest absolute Gasteiger partial charge is 0.261 e. The molecule has 0 bridgehead atoms. The maximum absolute atomic E-state index is 11.9. The zero-order valence-corrected chi connectivity index (χ0v) is 13.6. The monoisotopic (exact) mass is 312 g/mol. The van der Waals surface area contributed by atoms with Crippen LogP contribution in [0.4, 0.5) is 0 Å². The fourth-order valence-corrected chi connectivity index (χ4v) is 2.54. The Bertz CT molecular complexity index is 452. The van der Waals surface area contributed by atoms with E-state index in [1.54, 1.807) is 6.07 Å². The number of nitrogens with one attached hydrogen (secondary N) is 2. The van der Waals surface area contributed by atoms with Crippen LogP contribution in [0.2, 0.25) is 0 Å². The minimum Gasteiger partial charge on any atom is -0.396 e. The molecule has 1 heterocycles. The van der Waals surface area contributed by atoms with Crippen LogP contribution in [-0.4, -0.2) is 36.1 Å². The average Bonchev–Trinajstić information content (AvgIpc) is 2.91. The summed E-state index contributed by atoms with van der Waals surface area (Å²) < 4.78 is 0. The van der Waals surface area contributed by atoms with E-state index in [0.29, 0.717) is 17.8 Å². The molecule has 0 radical (unpaired) electrons. The number of rotatable bonds is 7. The van der Waals surface area contributed by atoms with Crippen molar-refractivity contribution in [3.05, 3.63) is 22.4 Å². The minimum atomic E-state index is -0.152. The van der Waals surface area contributed by atoms with Crippen molar-refractivity contribution >= 4 is 23.2 Å². The second-order valence-corrected chi connectivity index (χ2v) is 6.93. The van der Waals surface area contributed by atoms with Crippen LogP contribution in [-0.2, 0) is 4.79 Å². The fraction of sp³-hybridized carbons (Fsp3) is 0.600. The van der Waals surface area contributed by atoms with Crippen molar-refractivity contribution < 1.29 is 14.7 Å². The van der Waals surface area contributed by atoms with Gasteiger partial charge in [0.2, 0.25) is 5.91 Å². The molecule has 0 saturated carbocycles. The van der Waals surface area contributed by atoms with Gasteiger partial charge in [-0.05, 0) is 23.3 Å². The van der Waals surface area contributed by atoms with Crippen LogP contribution < -0.4 is 10.6 Å². The molecule has 0 spiro atoms. The van der Waals surface area contributed by atoms with E-state index < -0.39 is 0 Å². The van der Waals surface area contributed by atoms with E-state index in [0.717, 1.165) is 0 Å². The molecule has 0 aliphatic carbocycles. The van der Waals surface area contributed by atoms with Gasteiger partial charge in [0.1, 0.15) is 0 Å².